The Balaban J connectivity index is 1.92. The molecule has 2 rings (SSSR count). The number of nitrogens with one attached hydrogen (secondary N) is 1. The van der Waals surface area contributed by atoms with Crippen molar-refractivity contribution in [3.05, 3.63) is 18.5 Å². The predicted molar refractivity (Wildman–Crippen MR) is 72.2 cm³/mol. The Morgan fingerprint density at radius 1 is 1.29 bits per heavy atom. The van der Waals surface area contributed by atoms with Crippen molar-refractivity contribution in [1.29, 1.82) is 0 Å². The molecular weight excluding hydrogens is 230 g/mol. The molecule has 1 aliphatic rings. The molecule has 1 aromatic heterocycles. The summed E-state index contributed by atoms with van der Waals surface area (Å²) in [5.74, 6) is 0. The van der Waals surface area contributed by atoms with Gasteiger partial charge in [0.1, 0.15) is 0 Å². The van der Waals surface area contributed by atoms with Gasteiger partial charge in [-0.25, -0.2) is 9.97 Å². The van der Waals surface area contributed by atoms with Gasteiger partial charge in [-0.05, 0) is 31.9 Å². The summed E-state index contributed by atoms with van der Waals surface area (Å²) in [7, 11) is 0. The molecule has 4 heteroatoms. The zero-order chi connectivity index (χ0) is 11.9. The van der Waals surface area contributed by atoms with E-state index in [4.69, 9.17) is 0 Å². The van der Waals surface area contributed by atoms with E-state index in [1.807, 2.05) is 30.2 Å². The first kappa shape index (κ1) is 12.8. The summed E-state index contributed by atoms with van der Waals surface area (Å²) in [6.07, 6.45) is 10.1. The molecular formula is C13H21N3S. The molecule has 0 spiro atoms. The largest absolute Gasteiger partial charge is 0.313 e. The molecule has 1 N–H and O–H groups in total. The van der Waals surface area contributed by atoms with Crippen LogP contribution in [0.4, 0.5) is 0 Å². The van der Waals surface area contributed by atoms with Gasteiger partial charge in [-0.3, -0.25) is 0 Å². The van der Waals surface area contributed by atoms with Crippen molar-refractivity contribution in [2.24, 2.45) is 0 Å². The highest BCUT2D eigenvalue weighted by Crippen LogP contribution is 2.31. The number of rotatable bonds is 5. The van der Waals surface area contributed by atoms with Crippen LogP contribution >= 0.6 is 11.8 Å². The number of nitrogens with zero attached hydrogens (tertiary/aromatic N) is 2. The molecule has 2 unspecified atom stereocenters. The lowest BCUT2D eigenvalue weighted by atomic mass is 9.95. The molecule has 0 radical (unpaired) electrons. The van der Waals surface area contributed by atoms with Crippen LogP contribution in [0.2, 0.25) is 0 Å². The standard InChI is InChI=1S/C13H21N3S/c1-2-8-14-11-6-3-4-7-12(11)17-13-15-9-5-10-16-13/h5,9-12,14H,2-4,6-8H2,1H3. The summed E-state index contributed by atoms with van der Waals surface area (Å²) in [5, 5.41) is 5.22. The third kappa shape index (κ3) is 3.96. The summed E-state index contributed by atoms with van der Waals surface area (Å²) in [5.41, 5.74) is 0. The Morgan fingerprint density at radius 2 is 2.06 bits per heavy atom. The van der Waals surface area contributed by atoms with Crippen LogP contribution in [-0.4, -0.2) is 27.8 Å². The molecule has 0 saturated heterocycles. The van der Waals surface area contributed by atoms with Gasteiger partial charge in [0.25, 0.3) is 0 Å². The minimum absolute atomic E-state index is 0.637. The first-order valence-electron chi connectivity index (χ1n) is 6.57. The molecule has 0 amide bonds. The lowest BCUT2D eigenvalue weighted by molar-refractivity contribution is 0.384. The van der Waals surface area contributed by atoms with Crippen molar-refractivity contribution in [2.45, 2.75) is 55.5 Å². The summed E-state index contributed by atoms with van der Waals surface area (Å²) in [4.78, 5) is 8.62. The van der Waals surface area contributed by atoms with Crippen molar-refractivity contribution in [1.82, 2.24) is 15.3 Å². The Hall–Kier alpha value is -0.610. The maximum atomic E-state index is 4.31. The first-order chi connectivity index (χ1) is 8.40. The van der Waals surface area contributed by atoms with Crippen molar-refractivity contribution in [3.63, 3.8) is 0 Å². The first-order valence-corrected chi connectivity index (χ1v) is 7.45. The molecule has 94 valence electrons. The molecule has 0 bridgehead atoms. The van der Waals surface area contributed by atoms with E-state index in [1.54, 1.807) is 0 Å². The highest BCUT2D eigenvalue weighted by Gasteiger charge is 2.25. The fourth-order valence-corrected chi connectivity index (χ4v) is 3.48. The molecule has 1 saturated carbocycles. The zero-order valence-corrected chi connectivity index (χ0v) is 11.2. The Bertz CT molecular complexity index is 318. The monoisotopic (exact) mass is 251 g/mol. The van der Waals surface area contributed by atoms with Gasteiger partial charge < -0.3 is 5.32 Å². The molecule has 1 fully saturated rings. The van der Waals surface area contributed by atoms with Crippen molar-refractivity contribution >= 4 is 11.8 Å². The number of hydrogen-bond donors (Lipinski definition) is 1. The zero-order valence-electron chi connectivity index (χ0n) is 10.4. The van der Waals surface area contributed by atoms with Crippen LogP contribution < -0.4 is 5.32 Å². The molecule has 17 heavy (non-hydrogen) atoms. The van der Waals surface area contributed by atoms with E-state index in [0.29, 0.717) is 11.3 Å². The van der Waals surface area contributed by atoms with Crippen LogP contribution in [0.25, 0.3) is 0 Å². The van der Waals surface area contributed by atoms with Crippen LogP contribution in [0, 0.1) is 0 Å². The maximum absolute atomic E-state index is 4.31. The topological polar surface area (TPSA) is 37.8 Å². The van der Waals surface area contributed by atoms with Crippen molar-refractivity contribution in [3.8, 4) is 0 Å². The van der Waals surface area contributed by atoms with Gasteiger partial charge in [0.15, 0.2) is 5.16 Å². The van der Waals surface area contributed by atoms with Gasteiger partial charge in [-0.2, -0.15) is 0 Å². The highest BCUT2D eigenvalue weighted by molar-refractivity contribution is 7.99. The number of aromatic nitrogens is 2. The third-order valence-electron chi connectivity index (χ3n) is 3.16. The molecule has 1 aromatic rings. The molecule has 0 aliphatic heterocycles. The van der Waals surface area contributed by atoms with Crippen LogP contribution in [0.1, 0.15) is 39.0 Å². The molecule has 2 atom stereocenters. The van der Waals surface area contributed by atoms with E-state index < -0.39 is 0 Å². The Labute approximate surface area is 108 Å². The van der Waals surface area contributed by atoms with Gasteiger partial charge in [-0.15, -0.1) is 0 Å². The fourth-order valence-electron chi connectivity index (χ4n) is 2.28. The minimum atomic E-state index is 0.637. The van der Waals surface area contributed by atoms with Crippen LogP contribution in [0.15, 0.2) is 23.6 Å². The quantitative estimate of drug-likeness (QED) is 0.817. The van der Waals surface area contributed by atoms with Crippen molar-refractivity contribution in [2.75, 3.05) is 6.54 Å². The van der Waals surface area contributed by atoms with E-state index >= 15 is 0 Å². The van der Waals surface area contributed by atoms with Gasteiger partial charge >= 0.3 is 0 Å². The second-order valence-electron chi connectivity index (χ2n) is 4.53. The summed E-state index contributed by atoms with van der Waals surface area (Å²) < 4.78 is 0. The average Bonchev–Trinajstić information content (AvgIpc) is 2.39. The fraction of sp³-hybridized carbons (Fsp3) is 0.692. The van der Waals surface area contributed by atoms with Gasteiger partial charge in [0.05, 0.1) is 0 Å². The lowest BCUT2D eigenvalue weighted by Gasteiger charge is -2.31. The van der Waals surface area contributed by atoms with Crippen molar-refractivity contribution < 1.29 is 0 Å². The maximum Gasteiger partial charge on any atom is 0.187 e. The molecule has 1 aliphatic carbocycles. The number of hydrogen-bond acceptors (Lipinski definition) is 4. The van der Waals surface area contributed by atoms with E-state index in [2.05, 4.69) is 22.2 Å². The molecule has 3 nitrogen and oxygen atoms in total. The van der Waals surface area contributed by atoms with Gasteiger partial charge in [0, 0.05) is 23.7 Å². The summed E-state index contributed by atoms with van der Waals surface area (Å²) in [6.45, 7) is 3.34. The summed E-state index contributed by atoms with van der Waals surface area (Å²) >= 11 is 1.84. The average molecular weight is 251 g/mol. The number of thioether (sulfide) groups is 1. The van der Waals surface area contributed by atoms with Crippen LogP contribution in [0.3, 0.4) is 0 Å². The Kier molecular flexibility index (Phi) is 5.26. The van der Waals surface area contributed by atoms with E-state index in [9.17, 15) is 0 Å². The van der Waals surface area contributed by atoms with Gasteiger partial charge in [0.2, 0.25) is 0 Å². The Morgan fingerprint density at radius 3 is 2.82 bits per heavy atom. The highest BCUT2D eigenvalue weighted by atomic mass is 32.2. The van der Waals surface area contributed by atoms with E-state index in [1.165, 1.54) is 32.1 Å². The smallest absolute Gasteiger partial charge is 0.187 e. The second kappa shape index (κ2) is 6.97. The van der Waals surface area contributed by atoms with Crippen LogP contribution in [-0.2, 0) is 0 Å². The minimum Gasteiger partial charge on any atom is -0.313 e. The van der Waals surface area contributed by atoms with E-state index in [-0.39, 0.29) is 0 Å². The van der Waals surface area contributed by atoms with Crippen LogP contribution in [0.5, 0.6) is 0 Å². The third-order valence-corrected chi connectivity index (χ3v) is 4.45. The second-order valence-corrected chi connectivity index (χ2v) is 5.74. The van der Waals surface area contributed by atoms with E-state index in [0.717, 1.165) is 11.7 Å². The normalized spacial score (nSPS) is 24.8. The molecule has 1 heterocycles. The lowest BCUT2D eigenvalue weighted by Crippen LogP contribution is -2.40. The molecule has 0 aromatic carbocycles. The van der Waals surface area contributed by atoms with Gasteiger partial charge in [-0.1, -0.05) is 31.5 Å². The predicted octanol–water partition coefficient (Wildman–Crippen LogP) is 2.88. The summed E-state index contributed by atoms with van der Waals surface area (Å²) in [6, 6.07) is 2.51. The SMILES string of the molecule is CCCNC1CCCCC1Sc1ncccn1.